The molecule has 1 aromatic heterocycles. The minimum Gasteiger partial charge on any atom is -0.481 e. The molecule has 1 aliphatic carbocycles. The van der Waals surface area contributed by atoms with Crippen LogP contribution in [0.4, 0.5) is 17.6 Å². The van der Waals surface area contributed by atoms with Crippen LogP contribution in [-0.4, -0.2) is 29.0 Å². The summed E-state index contributed by atoms with van der Waals surface area (Å²) in [6.07, 6.45) is -0.0782. The van der Waals surface area contributed by atoms with Crippen molar-refractivity contribution in [2.24, 2.45) is 5.41 Å². The van der Waals surface area contributed by atoms with Crippen LogP contribution in [-0.2, 0) is 11.0 Å². The Bertz CT molecular complexity index is 1010. The highest BCUT2D eigenvalue weighted by atomic mass is 19.4. The number of nitrogens with zero attached hydrogens (tertiary/aromatic N) is 1. The molecule has 0 radical (unpaired) electrons. The molecule has 1 aromatic carbocycles. The maximum absolute atomic E-state index is 14.7. The number of carbonyl (C=O) groups is 2. The van der Waals surface area contributed by atoms with Crippen molar-refractivity contribution in [2.45, 2.75) is 51.1 Å². The minimum atomic E-state index is -4.90. The molecule has 0 amide bonds. The molecule has 0 bridgehead atoms. The quantitative estimate of drug-likeness (QED) is 0.334. The van der Waals surface area contributed by atoms with Crippen LogP contribution in [0.5, 0.6) is 5.88 Å². The number of carboxylic acid groups (broad SMARTS) is 1. The molecule has 3 rings (SSSR count). The van der Waals surface area contributed by atoms with Crippen molar-refractivity contribution in [2.75, 3.05) is 7.11 Å². The number of alkyl halides is 3. The van der Waals surface area contributed by atoms with E-state index < -0.39 is 40.3 Å². The number of aliphatic carboxylic acids is 1. The maximum Gasteiger partial charge on any atom is 0.419 e. The number of Topliss-reactive ketones (excluding diaryl/α,β-unsaturated/α-hetero) is 1. The second-order valence-corrected chi connectivity index (χ2v) is 8.05. The average molecular weight is 453 g/mol. The van der Waals surface area contributed by atoms with E-state index in [4.69, 9.17) is 4.74 Å². The summed E-state index contributed by atoms with van der Waals surface area (Å²) in [4.78, 5) is 29.0. The van der Waals surface area contributed by atoms with Crippen molar-refractivity contribution in [3.8, 4) is 17.0 Å². The Balaban J connectivity index is 2.02. The normalized spacial score (nSPS) is 16.3. The van der Waals surface area contributed by atoms with Gasteiger partial charge in [0, 0.05) is 29.3 Å². The van der Waals surface area contributed by atoms with E-state index in [9.17, 15) is 32.3 Å². The van der Waals surface area contributed by atoms with Crippen molar-refractivity contribution in [1.82, 2.24) is 4.98 Å². The molecule has 172 valence electrons. The van der Waals surface area contributed by atoms with Gasteiger partial charge in [-0.05, 0) is 25.0 Å². The van der Waals surface area contributed by atoms with Gasteiger partial charge < -0.3 is 9.84 Å². The zero-order valence-corrected chi connectivity index (χ0v) is 17.5. The fourth-order valence-electron chi connectivity index (χ4n) is 4.20. The number of ketones is 1. The molecular weight excluding hydrogens is 430 g/mol. The van der Waals surface area contributed by atoms with Crippen LogP contribution in [0.25, 0.3) is 11.1 Å². The van der Waals surface area contributed by atoms with Crippen LogP contribution in [0.1, 0.15) is 60.9 Å². The average Bonchev–Trinajstić information content (AvgIpc) is 2.99. The largest absolute Gasteiger partial charge is 0.481 e. The van der Waals surface area contributed by atoms with Gasteiger partial charge in [-0.25, -0.2) is 9.37 Å². The van der Waals surface area contributed by atoms with Gasteiger partial charge in [-0.2, -0.15) is 13.2 Å². The summed E-state index contributed by atoms with van der Waals surface area (Å²) in [5.41, 5.74) is -3.19. The van der Waals surface area contributed by atoms with Gasteiger partial charge in [-0.15, -0.1) is 0 Å². The zero-order valence-electron chi connectivity index (χ0n) is 17.5. The topological polar surface area (TPSA) is 76.5 Å². The molecule has 0 aliphatic heterocycles. The van der Waals surface area contributed by atoms with Crippen LogP contribution in [0, 0.1) is 11.2 Å². The molecule has 2 aromatic rings. The first kappa shape index (κ1) is 23.7. The summed E-state index contributed by atoms with van der Waals surface area (Å²) in [7, 11) is 1.23. The molecule has 0 spiro atoms. The van der Waals surface area contributed by atoms with E-state index in [0.717, 1.165) is 25.0 Å². The molecule has 9 heteroatoms. The van der Waals surface area contributed by atoms with Crippen molar-refractivity contribution < 1.29 is 37.0 Å². The van der Waals surface area contributed by atoms with Gasteiger partial charge in [0.15, 0.2) is 5.78 Å². The fourth-order valence-corrected chi connectivity index (χ4v) is 4.20. The summed E-state index contributed by atoms with van der Waals surface area (Å²) in [5, 5.41) is 9.82. The van der Waals surface area contributed by atoms with E-state index in [2.05, 4.69) is 4.98 Å². The highest BCUT2D eigenvalue weighted by Gasteiger charge is 2.41. The second-order valence-electron chi connectivity index (χ2n) is 8.05. The smallest absolute Gasteiger partial charge is 0.419 e. The number of pyridine rings is 1. The second kappa shape index (κ2) is 9.26. The predicted molar refractivity (Wildman–Crippen MR) is 108 cm³/mol. The molecule has 0 saturated heterocycles. The minimum absolute atomic E-state index is 0.0116. The summed E-state index contributed by atoms with van der Waals surface area (Å²) in [6.45, 7) is 0. The lowest BCUT2D eigenvalue weighted by Crippen LogP contribution is -2.33. The number of aromatic nitrogens is 1. The summed E-state index contributed by atoms with van der Waals surface area (Å²) in [5.74, 6) is -3.21. The van der Waals surface area contributed by atoms with Crippen molar-refractivity contribution in [1.29, 1.82) is 0 Å². The SMILES string of the molecule is COc1ncc(C(=O)CC2(C(=O)O)CCCCCC2)cc1-c1cccc(C(F)(F)F)c1F. The Labute approximate surface area is 182 Å². The summed E-state index contributed by atoms with van der Waals surface area (Å²) in [6, 6.07) is 4.03. The Morgan fingerprint density at radius 2 is 1.78 bits per heavy atom. The van der Waals surface area contributed by atoms with Gasteiger partial charge >= 0.3 is 12.1 Å². The lowest BCUT2D eigenvalue weighted by atomic mass is 9.75. The van der Waals surface area contributed by atoms with Gasteiger partial charge in [-0.1, -0.05) is 37.8 Å². The van der Waals surface area contributed by atoms with Crippen LogP contribution in [0.2, 0.25) is 0 Å². The first-order valence-electron chi connectivity index (χ1n) is 10.3. The molecule has 1 fully saturated rings. The van der Waals surface area contributed by atoms with Crippen LogP contribution in [0.3, 0.4) is 0 Å². The number of benzene rings is 1. The Morgan fingerprint density at radius 3 is 2.34 bits per heavy atom. The van der Waals surface area contributed by atoms with Crippen LogP contribution in [0.15, 0.2) is 30.5 Å². The number of rotatable bonds is 6. The van der Waals surface area contributed by atoms with Crippen molar-refractivity contribution in [3.05, 3.63) is 47.4 Å². The van der Waals surface area contributed by atoms with E-state index in [1.807, 2.05) is 0 Å². The molecule has 1 saturated carbocycles. The lowest BCUT2D eigenvalue weighted by Gasteiger charge is -2.27. The number of hydrogen-bond acceptors (Lipinski definition) is 4. The highest BCUT2D eigenvalue weighted by Crippen LogP contribution is 2.41. The highest BCUT2D eigenvalue weighted by molar-refractivity contribution is 5.99. The standard InChI is InChI=1S/C23H23F4NO4/c1-32-20-16(15-7-6-8-17(19(15)24)23(25,26)27)11-14(13-28-20)18(29)12-22(21(30)31)9-4-2-3-5-10-22/h6-8,11,13H,2-5,9-10,12H2,1H3,(H,30,31). The molecule has 32 heavy (non-hydrogen) atoms. The monoisotopic (exact) mass is 453 g/mol. The summed E-state index contributed by atoms with van der Waals surface area (Å²) < 4.78 is 59.2. The molecule has 1 heterocycles. The van der Waals surface area contributed by atoms with Crippen LogP contribution >= 0.6 is 0 Å². The third-order valence-electron chi connectivity index (χ3n) is 5.97. The van der Waals surface area contributed by atoms with Gasteiger partial charge in [0.2, 0.25) is 5.88 Å². The maximum atomic E-state index is 14.7. The Morgan fingerprint density at radius 1 is 1.12 bits per heavy atom. The van der Waals surface area contributed by atoms with E-state index in [-0.39, 0.29) is 23.4 Å². The van der Waals surface area contributed by atoms with E-state index in [1.165, 1.54) is 19.4 Å². The summed E-state index contributed by atoms with van der Waals surface area (Å²) >= 11 is 0. The first-order chi connectivity index (χ1) is 15.1. The van der Waals surface area contributed by atoms with Gasteiger partial charge in [-0.3, -0.25) is 9.59 Å². The number of halogens is 4. The van der Waals surface area contributed by atoms with E-state index in [1.54, 1.807) is 0 Å². The van der Waals surface area contributed by atoms with E-state index in [0.29, 0.717) is 31.7 Å². The third-order valence-corrected chi connectivity index (χ3v) is 5.97. The molecule has 0 unspecified atom stereocenters. The van der Waals surface area contributed by atoms with Gasteiger partial charge in [0.05, 0.1) is 18.1 Å². The van der Waals surface area contributed by atoms with Gasteiger partial charge in [0.1, 0.15) is 5.82 Å². The third kappa shape index (κ3) is 4.76. The van der Waals surface area contributed by atoms with Crippen molar-refractivity contribution >= 4 is 11.8 Å². The molecule has 1 N–H and O–H groups in total. The Hall–Kier alpha value is -2.97. The number of ether oxygens (including phenoxy) is 1. The van der Waals surface area contributed by atoms with Crippen LogP contribution < -0.4 is 4.74 Å². The molecule has 5 nitrogen and oxygen atoms in total. The number of hydrogen-bond donors (Lipinski definition) is 1. The van der Waals surface area contributed by atoms with E-state index >= 15 is 0 Å². The fraction of sp³-hybridized carbons (Fsp3) is 0.435. The number of methoxy groups -OCH3 is 1. The van der Waals surface area contributed by atoms with Gasteiger partial charge in [0.25, 0.3) is 0 Å². The first-order valence-corrected chi connectivity index (χ1v) is 10.3. The number of carbonyl (C=O) groups excluding carboxylic acids is 1. The molecule has 1 aliphatic rings. The number of carboxylic acids is 1. The lowest BCUT2D eigenvalue weighted by molar-refractivity contribution is -0.149. The molecular formula is C23H23F4NO4. The predicted octanol–water partition coefficient (Wildman–Crippen LogP) is 5.91. The Kier molecular flexibility index (Phi) is 6.85. The molecule has 0 atom stereocenters. The van der Waals surface area contributed by atoms with Crippen molar-refractivity contribution in [3.63, 3.8) is 0 Å². The zero-order chi connectivity index (χ0) is 23.5.